The smallest absolute Gasteiger partial charge is 0.124 e. The Labute approximate surface area is 126 Å². The normalized spacial score (nSPS) is 19.3. The van der Waals surface area contributed by atoms with E-state index in [-0.39, 0.29) is 11.7 Å². The molecule has 1 saturated heterocycles. The first-order valence-electron chi connectivity index (χ1n) is 7.63. The molecule has 1 aliphatic rings. The van der Waals surface area contributed by atoms with Crippen LogP contribution in [0.3, 0.4) is 0 Å². The minimum atomic E-state index is -0.322. The van der Waals surface area contributed by atoms with Crippen LogP contribution in [0.5, 0.6) is 0 Å². The van der Waals surface area contributed by atoms with Crippen molar-refractivity contribution in [2.45, 2.75) is 32.9 Å². The molecule has 0 aliphatic carbocycles. The molecule has 1 aromatic rings. The van der Waals surface area contributed by atoms with E-state index in [2.05, 4.69) is 23.6 Å². The van der Waals surface area contributed by atoms with E-state index in [1.165, 1.54) is 12.1 Å². The molecule has 0 saturated carbocycles. The van der Waals surface area contributed by atoms with Gasteiger partial charge >= 0.3 is 0 Å². The predicted octanol–water partition coefficient (Wildman–Crippen LogP) is 2.03. The lowest BCUT2D eigenvalue weighted by molar-refractivity contribution is 0.209. The SMILES string of the molecule is CCN(CC)C1CCN(Cc2cc(F)cc(C(=N)N)c2)C1. The van der Waals surface area contributed by atoms with Crippen LogP contribution in [0.15, 0.2) is 18.2 Å². The van der Waals surface area contributed by atoms with Crippen molar-refractivity contribution >= 4 is 5.84 Å². The molecular weight excluding hydrogens is 267 g/mol. The summed E-state index contributed by atoms with van der Waals surface area (Å²) in [5.74, 6) is -0.407. The molecule has 0 radical (unpaired) electrons. The van der Waals surface area contributed by atoms with Gasteiger partial charge in [0, 0.05) is 31.2 Å². The first kappa shape index (κ1) is 15.9. The monoisotopic (exact) mass is 292 g/mol. The largest absolute Gasteiger partial charge is 0.384 e. The van der Waals surface area contributed by atoms with E-state index >= 15 is 0 Å². The summed E-state index contributed by atoms with van der Waals surface area (Å²) in [7, 11) is 0. The van der Waals surface area contributed by atoms with Crippen molar-refractivity contribution in [2.24, 2.45) is 5.73 Å². The lowest BCUT2D eigenvalue weighted by atomic mass is 10.1. The fourth-order valence-electron chi connectivity index (χ4n) is 3.15. The number of nitrogen functional groups attached to an aromatic ring is 1. The van der Waals surface area contributed by atoms with Crippen LogP contribution in [0.2, 0.25) is 0 Å². The highest BCUT2D eigenvalue weighted by Crippen LogP contribution is 2.19. The number of likely N-dealkylation sites (tertiary alicyclic amines) is 1. The zero-order valence-corrected chi connectivity index (χ0v) is 12.9. The van der Waals surface area contributed by atoms with Gasteiger partial charge in [0.25, 0.3) is 0 Å². The fourth-order valence-corrected chi connectivity index (χ4v) is 3.15. The van der Waals surface area contributed by atoms with Crippen LogP contribution in [0, 0.1) is 11.2 Å². The number of likely N-dealkylation sites (N-methyl/N-ethyl adjacent to an activating group) is 1. The topological polar surface area (TPSA) is 56.4 Å². The van der Waals surface area contributed by atoms with Crippen LogP contribution < -0.4 is 5.73 Å². The maximum Gasteiger partial charge on any atom is 0.124 e. The lowest BCUT2D eigenvalue weighted by Gasteiger charge is -2.26. The molecule has 1 atom stereocenters. The Bertz CT molecular complexity index is 499. The number of rotatable bonds is 6. The summed E-state index contributed by atoms with van der Waals surface area (Å²) < 4.78 is 13.6. The summed E-state index contributed by atoms with van der Waals surface area (Å²) in [6.45, 7) is 9.30. The molecule has 0 aromatic heterocycles. The number of amidine groups is 1. The van der Waals surface area contributed by atoms with Gasteiger partial charge in [0.15, 0.2) is 0 Å². The third-order valence-corrected chi connectivity index (χ3v) is 4.25. The highest BCUT2D eigenvalue weighted by molar-refractivity contribution is 5.95. The highest BCUT2D eigenvalue weighted by Gasteiger charge is 2.26. The molecule has 3 N–H and O–H groups in total. The van der Waals surface area contributed by atoms with Crippen LogP contribution in [-0.4, -0.2) is 47.9 Å². The first-order chi connectivity index (χ1) is 10.0. The Hall–Kier alpha value is -1.46. The first-order valence-corrected chi connectivity index (χ1v) is 7.63. The average Bonchev–Trinajstić information content (AvgIpc) is 2.88. The molecule has 0 spiro atoms. The van der Waals surface area contributed by atoms with Crippen molar-refractivity contribution in [3.63, 3.8) is 0 Å². The van der Waals surface area contributed by atoms with Crippen LogP contribution in [0.1, 0.15) is 31.4 Å². The Morgan fingerprint density at radius 2 is 2.10 bits per heavy atom. The van der Waals surface area contributed by atoms with Gasteiger partial charge in [-0.3, -0.25) is 15.2 Å². The number of nitrogens with two attached hydrogens (primary N) is 1. The van der Waals surface area contributed by atoms with Gasteiger partial charge in [0.05, 0.1) is 0 Å². The van der Waals surface area contributed by atoms with E-state index in [4.69, 9.17) is 11.1 Å². The van der Waals surface area contributed by atoms with Gasteiger partial charge in [-0.1, -0.05) is 13.8 Å². The summed E-state index contributed by atoms with van der Waals surface area (Å²) in [6.07, 6.45) is 1.16. The van der Waals surface area contributed by atoms with Crippen molar-refractivity contribution in [3.8, 4) is 0 Å². The molecule has 4 nitrogen and oxygen atoms in total. The Kier molecular flexibility index (Phi) is 5.31. The van der Waals surface area contributed by atoms with E-state index in [1.807, 2.05) is 6.07 Å². The van der Waals surface area contributed by atoms with Crippen LogP contribution in [-0.2, 0) is 6.54 Å². The minimum Gasteiger partial charge on any atom is -0.384 e. The second-order valence-electron chi connectivity index (χ2n) is 5.66. The van der Waals surface area contributed by atoms with Crippen LogP contribution >= 0.6 is 0 Å². The second kappa shape index (κ2) is 7.00. The van der Waals surface area contributed by atoms with Gasteiger partial charge in [-0.15, -0.1) is 0 Å². The molecule has 1 aliphatic heterocycles. The van der Waals surface area contributed by atoms with Crippen molar-refractivity contribution < 1.29 is 4.39 Å². The third kappa shape index (κ3) is 4.02. The minimum absolute atomic E-state index is 0.0850. The number of hydrogen-bond donors (Lipinski definition) is 2. The third-order valence-electron chi connectivity index (χ3n) is 4.25. The van der Waals surface area contributed by atoms with Crippen molar-refractivity contribution in [2.75, 3.05) is 26.2 Å². The van der Waals surface area contributed by atoms with Gasteiger partial charge < -0.3 is 5.73 Å². The molecule has 1 unspecified atom stereocenters. The van der Waals surface area contributed by atoms with Crippen molar-refractivity contribution in [1.29, 1.82) is 5.41 Å². The number of hydrogen-bond acceptors (Lipinski definition) is 3. The Morgan fingerprint density at radius 3 is 2.71 bits per heavy atom. The summed E-state index contributed by atoms with van der Waals surface area (Å²) in [5, 5.41) is 7.44. The average molecular weight is 292 g/mol. The fraction of sp³-hybridized carbons (Fsp3) is 0.562. The number of benzene rings is 1. The van der Waals surface area contributed by atoms with E-state index in [0.29, 0.717) is 11.6 Å². The summed E-state index contributed by atoms with van der Waals surface area (Å²) in [6, 6.07) is 5.27. The quantitative estimate of drug-likeness (QED) is 0.623. The van der Waals surface area contributed by atoms with Crippen molar-refractivity contribution in [3.05, 3.63) is 35.1 Å². The van der Waals surface area contributed by atoms with E-state index in [1.54, 1.807) is 0 Å². The summed E-state index contributed by atoms with van der Waals surface area (Å²) >= 11 is 0. The Balaban J connectivity index is 2.01. The predicted molar refractivity (Wildman–Crippen MR) is 84.0 cm³/mol. The van der Waals surface area contributed by atoms with E-state index in [0.717, 1.165) is 44.7 Å². The lowest BCUT2D eigenvalue weighted by Crippen LogP contribution is -2.37. The van der Waals surface area contributed by atoms with Gasteiger partial charge in [-0.05, 0) is 43.3 Å². The Morgan fingerprint density at radius 1 is 1.38 bits per heavy atom. The standard InChI is InChI=1S/C16H25FN4/c1-3-21(4-2)15-5-6-20(11-15)10-12-7-13(16(18)19)9-14(17)8-12/h7-9,15H,3-6,10-11H2,1-2H3,(H3,18,19). The molecule has 1 fully saturated rings. The molecule has 0 amide bonds. The van der Waals surface area contributed by atoms with Gasteiger partial charge in [0.2, 0.25) is 0 Å². The molecule has 1 aromatic carbocycles. The maximum atomic E-state index is 13.6. The van der Waals surface area contributed by atoms with Gasteiger partial charge in [-0.2, -0.15) is 0 Å². The second-order valence-corrected chi connectivity index (χ2v) is 5.66. The number of halogens is 1. The van der Waals surface area contributed by atoms with E-state index < -0.39 is 0 Å². The van der Waals surface area contributed by atoms with Crippen LogP contribution in [0.4, 0.5) is 4.39 Å². The number of nitrogens with one attached hydrogen (secondary N) is 1. The van der Waals surface area contributed by atoms with E-state index in [9.17, 15) is 4.39 Å². The molecule has 0 bridgehead atoms. The van der Waals surface area contributed by atoms with Gasteiger partial charge in [0.1, 0.15) is 11.7 Å². The molecule has 5 heteroatoms. The molecule has 21 heavy (non-hydrogen) atoms. The summed E-state index contributed by atoms with van der Waals surface area (Å²) in [5.41, 5.74) is 6.81. The zero-order chi connectivity index (χ0) is 15.4. The molecule has 2 rings (SSSR count). The van der Waals surface area contributed by atoms with Crippen molar-refractivity contribution in [1.82, 2.24) is 9.80 Å². The highest BCUT2D eigenvalue weighted by atomic mass is 19.1. The molecule has 116 valence electrons. The van der Waals surface area contributed by atoms with Crippen LogP contribution in [0.25, 0.3) is 0 Å². The molecular formula is C16H25FN4. The number of nitrogens with zero attached hydrogens (tertiary/aromatic N) is 2. The van der Waals surface area contributed by atoms with Gasteiger partial charge in [-0.25, -0.2) is 4.39 Å². The molecule has 1 heterocycles. The summed E-state index contributed by atoms with van der Waals surface area (Å²) in [4.78, 5) is 4.83. The maximum absolute atomic E-state index is 13.6. The zero-order valence-electron chi connectivity index (χ0n) is 12.9.